The van der Waals surface area contributed by atoms with E-state index in [2.05, 4.69) is 18.6 Å². The molecule has 1 atom stereocenters. The minimum atomic E-state index is -2.13. The standard InChI is InChI=1S/C7H17NO2S/c1-6(2)7(3,4)5-8-11(9)10/h6,8H,5H2,1-4H3,(H,9,10)/p-1. The first-order valence-electron chi connectivity index (χ1n) is 3.69. The van der Waals surface area contributed by atoms with Gasteiger partial charge in [0, 0.05) is 17.8 Å². The molecule has 0 radical (unpaired) electrons. The smallest absolute Gasteiger partial charge is 0.0181 e. The second-order valence-electron chi connectivity index (χ2n) is 3.70. The van der Waals surface area contributed by atoms with Crippen LogP contribution in [0.3, 0.4) is 0 Å². The molecule has 0 aromatic carbocycles. The molecule has 11 heavy (non-hydrogen) atoms. The highest BCUT2D eigenvalue weighted by atomic mass is 32.2. The van der Waals surface area contributed by atoms with Crippen molar-refractivity contribution >= 4 is 11.3 Å². The van der Waals surface area contributed by atoms with Gasteiger partial charge in [0.25, 0.3) is 0 Å². The predicted molar refractivity (Wildman–Crippen MR) is 45.5 cm³/mol. The van der Waals surface area contributed by atoms with E-state index in [1.54, 1.807) is 0 Å². The molecule has 4 heteroatoms. The third-order valence-electron chi connectivity index (χ3n) is 2.21. The molecule has 1 unspecified atom stereocenters. The third-order valence-corrected chi connectivity index (χ3v) is 2.59. The van der Waals surface area contributed by atoms with Crippen LogP contribution in [0.25, 0.3) is 0 Å². The Labute approximate surface area is 71.0 Å². The highest BCUT2D eigenvalue weighted by Crippen LogP contribution is 2.24. The zero-order valence-electron chi connectivity index (χ0n) is 7.51. The maximum absolute atomic E-state index is 10.2. The maximum Gasteiger partial charge on any atom is 0.0181 e. The lowest BCUT2D eigenvalue weighted by molar-refractivity contribution is 0.251. The van der Waals surface area contributed by atoms with Crippen LogP contribution in [-0.4, -0.2) is 15.3 Å². The van der Waals surface area contributed by atoms with Crippen molar-refractivity contribution < 1.29 is 8.76 Å². The second kappa shape index (κ2) is 4.18. The van der Waals surface area contributed by atoms with E-state index in [-0.39, 0.29) is 5.41 Å². The van der Waals surface area contributed by atoms with Gasteiger partial charge in [0.2, 0.25) is 0 Å². The van der Waals surface area contributed by atoms with E-state index in [9.17, 15) is 8.76 Å². The number of rotatable bonds is 4. The van der Waals surface area contributed by atoms with Gasteiger partial charge in [-0.25, -0.2) is 4.72 Å². The summed E-state index contributed by atoms with van der Waals surface area (Å²) in [5.74, 6) is 0.471. The fourth-order valence-corrected chi connectivity index (χ4v) is 0.939. The molecule has 0 bridgehead atoms. The monoisotopic (exact) mass is 178 g/mol. The van der Waals surface area contributed by atoms with E-state index in [4.69, 9.17) is 0 Å². The zero-order chi connectivity index (χ0) is 9.07. The highest BCUT2D eigenvalue weighted by Gasteiger charge is 2.21. The second-order valence-corrected chi connectivity index (χ2v) is 4.46. The van der Waals surface area contributed by atoms with Crippen molar-refractivity contribution in [3.63, 3.8) is 0 Å². The van der Waals surface area contributed by atoms with Gasteiger partial charge in [-0.15, -0.1) is 0 Å². The summed E-state index contributed by atoms with van der Waals surface area (Å²) in [6.07, 6.45) is 0. The maximum atomic E-state index is 10.2. The summed E-state index contributed by atoms with van der Waals surface area (Å²) in [5, 5.41) is 0. The van der Waals surface area contributed by atoms with Crippen LogP contribution >= 0.6 is 0 Å². The summed E-state index contributed by atoms with van der Waals surface area (Å²) in [6.45, 7) is 8.74. The topological polar surface area (TPSA) is 52.2 Å². The number of hydrogen-bond acceptors (Lipinski definition) is 2. The van der Waals surface area contributed by atoms with Crippen LogP contribution in [0.2, 0.25) is 0 Å². The summed E-state index contributed by atoms with van der Waals surface area (Å²) in [6, 6.07) is 0. The predicted octanol–water partition coefficient (Wildman–Crippen LogP) is 1.05. The molecule has 0 saturated carbocycles. The van der Waals surface area contributed by atoms with Gasteiger partial charge in [-0.1, -0.05) is 27.7 Å². The molecule has 0 spiro atoms. The first kappa shape index (κ1) is 11.1. The van der Waals surface area contributed by atoms with Crippen LogP contribution in [0, 0.1) is 11.3 Å². The molecule has 0 rings (SSSR count). The normalized spacial score (nSPS) is 15.5. The molecule has 0 aliphatic carbocycles. The Balaban J connectivity index is 3.82. The van der Waals surface area contributed by atoms with E-state index in [0.29, 0.717) is 12.5 Å². The van der Waals surface area contributed by atoms with Gasteiger partial charge < -0.3 is 4.55 Å². The van der Waals surface area contributed by atoms with Crippen LogP contribution in [0.4, 0.5) is 0 Å². The van der Waals surface area contributed by atoms with Crippen molar-refractivity contribution in [3.05, 3.63) is 0 Å². The van der Waals surface area contributed by atoms with E-state index >= 15 is 0 Å². The van der Waals surface area contributed by atoms with Gasteiger partial charge in [-0.3, -0.25) is 4.21 Å². The van der Waals surface area contributed by atoms with Crippen molar-refractivity contribution in [1.82, 2.24) is 4.72 Å². The summed E-state index contributed by atoms with van der Waals surface area (Å²) in [7, 11) is 0. The van der Waals surface area contributed by atoms with Gasteiger partial charge >= 0.3 is 0 Å². The Morgan fingerprint density at radius 1 is 1.55 bits per heavy atom. The minimum absolute atomic E-state index is 0.0278. The van der Waals surface area contributed by atoms with Crippen molar-refractivity contribution in [1.29, 1.82) is 0 Å². The third kappa shape index (κ3) is 4.50. The molecule has 68 valence electrons. The Bertz CT molecular complexity index is 145. The summed E-state index contributed by atoms with van der Waals surface area (Å²) < 4.78 is 22.7. The van der Waals surface area contributed by atoms with Crippen molar-refractivity contribution in [3.8, 4) is 0 Å². The summed E-state index contributed by atoms with van der Waals surface area (Å²) in [5.41, 5.74) is 0.0278. The van der Waals surface area contributed by atoms with E-state index < -0.39 is 11.3 Å². The number of nitrogens with one attached hydrogen (secondary N) is 1. The van der Waals surface area contributed by atoms with Crippen LogP contribution in [-0.2, 0) is 11.3 Å². The van der Waals surface area contributed by atoms with Gasteiger partial charge in [0.05, 0.1) is 0 Å². The van der Waals surface area contributed by atoms with Gasteiger partial charge in [0.15, 0.2) is 0 Å². The average molecular weight is 178 g/mol. The first-order valence-corrected chi connectivity index (χ1v) is 4.76. The molecular weight excluding hydrogens is 162 g/mol. The van der Waals surface area contributed by atoms with Crippen LogP contribution in [0.1, 0.15) is 27.7 Å². The first-order chi connectivity index (χ1) is 4.86. The molecule has 0 aliphatic heterocycles. The van der Waals surface area contributed by atoms with E-state index in [0.717, 1.165) is 0 Å². The molecule has 0 fully saturated rings. The SMILES string of the molecule is CC(C)C(C)(C)CNS(=O)[O-]. The average Bonchev–Trinajstić information content (AvgIpc) is 1.84. The lowest BCUT2D eigenvalue weighted by Crippen LogP contribution is -2.34. The molecule has 0 amide bonds. The van der Waals surface area contributed by atoms with Gasteiger partial charge in [0.1, 0.15) is 0 Å². The molecular formula is C7H16NO2S-. The largest absolute Gasteiger partial charge is 0.760 e. The molecule has 3 nitrogen and oxygen atoms in total. The number of hydrogen-bond donors (Lipinski definition) is 1. The van der Waals surface area contributed by atoms with Crippen molar-refractivity contribution in [2.45, 2.75) is 27.7 Å². The van der Waals surface area contributed by atoms with Crippen LogP contribution < -0.4 is 4.72 Å². The molecule has 1 N–H and O–H groups in total. The fraction of sp³-hybridized carbons (Fsp3) is 1.00. The van der Waals surface area contributed by atoms with Crippen molar-refractivity contribution in [2.24, 2.45) is 11.3 Å². The zero-order valence-corrected chi connectivity index (χ0v) is 8.33. The Kier molecular flexibility index (Phi) is 4.21. The minimum Gasteiger partial charge on any atom is -0.760 e. The summed E-state index contributed by atoms with van der Waals surface area (Å²) >= 11 is -2.13. The molecule has 0 aromatic heterocycles. The lowest BCUT2D eigenvalue weighted by atomic mass is 9.81. The van der Waals surface area contributed by atoms with Gasteiger partial charge in [-0.05, 0) is 11.3 Å². The molecule has 0 saturated heterocycles. The Morgan fingerprint density at radius 2 is 2.00 bits per heavy atom. The quantitative estimate of drug-likeness (QED) is 0.654. The van der Waals surface area contributed by atoms with E-state index in [1.165, 1.54) is 0 Å². The van der Waals surface area contributed by atoms with Gasteiger partial charge in [-0.2, -0.15) is 0 Å². The Morgan fingerprint density at radius 3 is 2.27 bits per heavy atom. The molecule has 0 aliphatic rings. The van der Waals surface area contributed by atoms with Crippen LogP contribution in [0.15, 0.2) is 0 Å². The van der Waals surface area contributed by atoms with Crippen molar-refractivity contribution in [2.75, 3.05) is 6.54 Å². The fourth-order valence-electron chi connectivity index (χ4n) is 0.449. The highest BCUT2D eigenvalue weighted by molar-refractivity contribution is 7.77. The Hall–Kier alpha value is 0.0700. The molecule has 0 aromatic rings. The summed E-state index contributed by atoms with van der Waals surface area (Å²) in [4.78, 5) is 0. The van der Waals surface area contributed by atoms with E-state index in [1.807, 2.05) is 13.8 Å². The molecule has 0 heterocycles. The lowest BCUT2D eigenvalue weighted by Gasteiger charge is -2.29. The van der Waals surface area contributed by atoms with Crippen LogP contribution in [0.5, 0.6) is 0 Å².